The quantitative estimate of drug-likeness (QED) is 0.272. The molecule has 1 aliphatic heterocycles. The van der Waals surface area contributed by atoms with Crippen LogP contribution in [-0.2, 0) is 10.4 Å². The Morgan fingerprint density at radius 3 is 2.26 bits per heavy atom. The van der Waals surface area contributed by atoms with Crippen LogP contribution in [0.25, 0.3) is 5.70 Å². The second kappa shape index (κ2) is 10.7. The standard InChI is InChI=1S/C29H25Cl3N2O5/c30-22-5-2-6-23(31)25(22)26(33)20(27(35)16-7-8-16)13-39-19-9-10-21(24(32)12-19)29(38)14-34(15-29)18-4-1-3-17(11-18)28(36)37/h1-6,9-12,16,38H,7-8,13-15,33H2,(H,36,37). The van der Waals surface area contributed by atoms with Gasteiger partial charge in [-0.2, -0.15) is 0 Å². The maximum absolute atomic E-state index is 13.1. The Hall–Kier alpha value is -3.23. The van der Waals surface area contributed by atoms with Gasteiger partial charge < -0.3 is 25.6 Å². The van der Waals surface area contributed by atoms with E-state index in [1.165, 1.54) is 6.07 Å². The molecule has 0 amide bonds. The fourth-order valence-corrected chi connectivity index (χ4v) is 5.62. The number of ketones is 1. The highest BCUT2D eigenvalue weighted by Crippen LogP contribution is 2.40. The van der Waals surface area contributed by atoms with Gasteiger partial charge in [-0.1, -0.05) is 53.0 Å². The molecule has 5 rings (SSSR count). The van der Waals surface area contributed by atoms with Crippen LogP contribution in [0.2, 0.25) is 15.1 Å². The van der Waals surface area contributed by atoms with Crippen molar-refractivity contribution in [2.75, 3.05) is 24.6 Å². The van der Waals surface area contributed by atoms with Crippen LogP contribution in [0.5, 0.6) is 5.75 Å². The van der Waals surface area contributed by atoms with Crippen molar-refractivity contribution in [1.82, 2.24) is 0 Å². The first kappa shape index (κ1) is 27.3. The minimum Gasteiger partial charge on any atom is -0.489 e. The molecular weight excluding hydrogens is 563 g/mol. The average Bonchev–Trinajstić information content (AvgIpc) is 3.72. The van der Waals surface area contributed by atoms with Crippen molar-refractivity contribution in [1.29, 1.82) is 0 Å². The van der Waals surface area contributed by atoms with Gasteiger partial charge in [0.2, 0.25) is 0 Å². The van der Waals surface area contributed by atoms with Crippen LogP contribution in [0.3, 0.4) is 0 Å². The zero-order valence-electron chi connectivity index (χ0n) is 20.7. The fourth-order valence-electron chi connectivity index (χ4n) is 4.67. The number of halogens is 3. The maximum Gasteiger partial charge on any atom is 0.335 e. The number of nitrogens with two attached hydrogens (primary N) is 1. The summed E-state index contributed by atoms with van der Waals surface area (Å²) in [7, 11) is 0. The normalized spacial score (nSPS) is 16.8. The number of hydrogen-bond donors (Lipinski definition) is 3. The number of carboxylic acid groups (broad SMARTS) is 1. The average molecular weight is 588 g/mol. The zero-order valence-corrected chi connectivity index (χ0v) is 22.9. The van der Waals surface area contributed by atoms with Gasteiger partial charge in [-0.25, -0.2) is 4.79 Å². The van der Waals surface area contributed by atoms with E-state index in [0.29, 0.717) is 43.2 Å². The second-order valence-electron chi connectivity index (χ2n) is 9.80. The van der Waals surface area contributed by atoms with Crippen LogP contribution in [0.1, 0.15) is 34.3 Å². The van der Waals surface area contributed by atoms with Crippen LogP contribution < -0.4 is 15.4 Å². The van der Waals surface area contributed by atoms with E-state index in [9.17, 15) is 19.8 Å². The molecular formula is C29H25Cl3N2O5. The molecule has 0 spiro atoms. The number of hydrogen-bond acceptors (Lipinski definition) is 6. The van der Waals surface area contributed by atoms with Gasteiger partial charge in [0.15, 0.2) is 5.78 Å². The van der Waals surface area contributed by atoms with Gasteiger partial charge in [0, 0.05) is 22.7 Å². The number of benzene rings is 3. The van der Waals surface area contributed by atoms with Crippen molar-refractivity contribution < 1.29 is 24.5 Å². The van der Waals surface area contributed by atoms with Crippen LogP contribution in [0, 0.1) is 5.92 Å². The summed E-state index contributed by atoms with van der Waals surface area (Å²) in [6.07, 6.45) is 1.59. The summed E-state index contributed by atoms with van der Waals surface area (Å²) in [4.78, 5) is 26.2. The molecule has 3 aromatic carbocycles. The number of β-amino-alcohol motifs (C(OH)–C–C–N with tert-alkyl or cyclic N) is 1. The van der Waals surface area contributed by atoms with E-state index in [4.69, 9.17) is 45.3 Å². The number of nitrogens with zero attached hydrogens (tertiary/aromatic N) is 1. The summed E-state index contributed by atoms with van der Waals surface area (Å²) in [5.41, 5.74) is 7.46. The molecule has 1 saturated carbocycles. The Morgan fingerprint density at radius 1 is 0.974 bits per heavy atom. The molecule has 1 heterocycles. The predicted molar refractivity (Wildman–Crippen MR) is 152 cm³/mol. The van der Waals surface area contributed by atoms with Gasteiger partial charge in [0.05, 0.1) is 45.0 Å². The van der Waals surface area contributed by atoms with Crippen molar-refractivity contribution in [3.63, 3.8) is 0 Å². The number of carboxylic acids is 1. The van der Waals surface area contributed by atoms with Gasteiger partial charge in [0.25, 0.3) is 0 Å². The van der Waals surface area contributed by atoms with Gasteiger partial charge in [-0.05, 0) is 55.3 Å². The monoisotopic (exact) mass is 586 g/mol. The van der Waals surface area contributed by atoms with Crippen LogP contribution >= 0.6 is 34.8 Å². The third-order valence-electron chi connectivity index (χ3n) is 6.99. The first-order chi connectivity index (χ1) is 18.6. The molecule has 0 radical (unpaired) electrons. The molecule has 0 aromatic heterocycles. The number of ether oxygens (including phenoxy) is 1. The fraction of sp³-hybridized carbons (Fsp3) is 0.241. The highest BCUT2D eigenvalue weighted by atomic mass is 35.5. The number of anilines is 1. The molecule has 0 bridgehead atoms. The summed E-state index contributed by atoms with van der Waals surface area (Å²) in [6.45, 7) is 0.387. The Morgan fingerprint density at radius 2 is 1.64 bits per heavy atom. The SMILES string of the molecule is NC(=C(COc1ccc(C2(O)CN(c3cccc(C(=O)O)c3)C2)c(Cl)c1)C(=O)C1CC1)c1c(Cl)cccc1Cl. The molecule has 1 aliphatic carbocycles. The molecule has 4 N–H and O–H groups in total. The van der Waals surface area contributed by atoms with E-state index < -0.39 is 11.6 Å². The lowest BCUT2D eigenvalue weighted by molar-refractivity contribution is -0.116. The van der Waals surface area contributed by atoms with Gasteiger partial charge in [-0.3, -0.25) is 4.79 Å². The molecule has 0 atom stereocenters. The van der Waals surface area contributed by atoms with E-state index >= 15 is 0 Å². The third-order valence-corrected chi connectivity index (χ3v) is 7.93. The van der Waals surface area contributed by atoms with Crippen LogP contribution in [0.15, 0.2) is 66.2 Å². The van der Waals surface area contributed by atoms with E-state index in [1.807, 2.05) is 4.90 Å². The van der Waals surface area contributed by atoms with Crippen molar-refractivity contribution in [3.05, 3.63) is 98.0 Å². The number of aliphatic hydroxyl groups is 1. The first-order valence-electron chi connectivity index (χ1n) is 12.3. The Balaban J connectivity index is 1.32. The minimum atomic E-state index is -1.22. The van der Waals surface area contributed by atoms with E-state index in [0.717, 1.165) is 12.8 Å². The zero-order chi connectivity index (χ0) is 27.9. The molecule has 10 heteroatoms. The highest BCUT2D eigenvalue weighted by Gasteiger charge is 2.44. The molecule has 0 unspecified atom stereocenters. The summed E-state index contributed by atoms with van der Waals surface area (Å²) < 4.78 is 5.94. The van der Waals surface area contributed by atoms with Crippen LogP contribution in [0.4, 0.5) is 5.69 Å². The van der Waals surface area contributed by atoms with E-state index in [-0.39, 0.29) is 42.7 Å². The second-order valence-corrected chi connectivity index (χ2v) is 11.0. The molecule has 3 aromatic rings. The minimum absolute atomic E-state index is 0.0953. The lowest BCUT2D eigenvalue weighted by Crippen LogP contribution is -2.59. The predicted octanol–water partition coefficient (Wildman–Crippen LogP) is 5.78. The molecule has 1 saturated heterocycles. The van der Waals surface area contributed by atoms with Crippen LogP contribution in [-0.4, -0.2) is 41.7 Å². The topological polar surface area (TPSA) is 113 Å². The maximum atomic E-state index is 13.1. The van der Waals surface area contributed by atoms with E-state index in [1.54, 1.807) is 54.6 Å². The summed E-state index contributed by atoms with van der Waals surface area (Å²) in [5, 5.41) is 21.4. The lowest BCUT2D eigenvalue weighted by atomic mass is 9.85. The Kier molecular flexibility index (Phi) is 7.53. The van der Waals surface area contributed by atoms with Gasteiger partial charge in [-0.15, -0.1) is 0 Å². The highest BCUT2D eigenvalue weighted by molar-refractivity contribution is 6.37. The smallest absolute Gasteiger partial charge is 0.335 e. The third kappa shape index (κ3) is 5.58. The molecule has 7 nitrogen and oxygen atoms in total. The summed E-state index contributed by atoms with van der Waals surface area (Å²) in [5.74, 6) is -0.805. The molecule has 202 valence electrons. The van der Waals surface area contributed by atoms with Crippen molar-refractivity contribution in [2.24, 2.45) is 11.7 Å². The summed E-state index contributed by atoms with van der Waals surface area (Å²) in [6, 6.07) is 16.5. The number of carbonyl (C=O) groups excluding carboxylic acids is 1. The van der Waals surface area contributed by atoms with Crippen molar-refractivity contribution in [2.45, 2.75) is 18.4 Å². The summed E-state index contributed by atoms with van der Waals surface area (Å²) >= 11 is 19.2. The number of Topliss-reactive ketones (excluding diaryl/α,β-unsaturated/α-hetero) is 1. The first-order valence-corrected chi connectivity index (χ1v) is 13.4. The molecule has 39 heavy (non-hydrogen) atoms. The van der Waals surface area contributed by atoms with Gasteiger partial charge in [0.1, 0.15) is 18.0 Å². The largest absolute Gasteiger partial charge is 0.489 e. The van der Waals surface area contributed by atoms with E-state index in [2.05, 4.69) is 0 Å². The van der Waals surface area contributed by atoms with Crippen molar-refractivity contribution in [3.8, 4) is 5.75 Å². The van der Waals surface area contributed by atoms with Crippen molar-refractivity contribution >= 4 is 57.9 Å². The number of aromatic carboxylic acids is 1. The molecule has 2 aliphatic rings. The lowest BCUT2D eigenvalue weighted by Gasteiger charge is -2.48. The number of carbonyl (C=O) groups is 2. The molecule has 2 fully saturated rings. The van der Waals surface area contributed by atoms with Gasteiger partial charge >= 0.3 is 5.97 Å². The Labute approximate surface area is 240 Å². The Bertz CT molecular complexity index is 1480. The number of rotatable bonds is 9.